The molecule has 0 saturated carbocycles. The van der Waals surface area contributed by atoms with Crippen LogP contribution in [0.4, 0.5) is 0 Å². The topological polar surface area (TPSA) is 51.2 Å². The predicted octanol–water partition coefficient (Wildman–Crippen LogP) is 1.99. The zero-order valence-electron chi connectivity index (χ0n) is 11.4. The summed E-state index contributed by atoms with van der Waals surface area (Å²) in [7, 11) is 1.37. The van der Waals surface area contributed by atoms with E-state index in [1.165, 1.54) is 13.2 Å². The Hall–Kier alpha value is -1.68. The molecule has 0 bridgehead atoms. The third-order valence-electron chi connectivity index (χ3n) is 2.69. The molecule has 4 nitrogen and oxygen atoms in total. The van der Waals surface area contributed by atoms with Crippen molar-refractivity contribution in [2.24, 2.45) is 0 Å². The molecule has 98 valence electrons. The molecule has 0 aliphatic carbocycles. The van der Waals surface area contributed by atoms with Gasteiger partial charge < -0.3 is 10.1 Å². The van der Waals surface area contributed by atoms with Crippen LogP contribution in [0.3, 0.4) is 0 Å². The lowest BCUT2D eigenvalue weighted by atomic mass is 10.0. The molecule has 1 heterocycles. The maximum atomic E-state index is 11.0. The summed E-state index contributed by atoms with van der Waals surface area (Å²) in [6.45, 7) is 6.68. The van der Waals surface area contributed by atoms with Crippen LogP contribution < -0.4 is 5.32 Å². The Balaban J connectivity index is 2.59. The molecule has 1 aromatic rings. The fourth-order valence-electron chi connectivity index (χ4n) is 1.43. The molecule has 1 aromatic heterocycles. The SMILES string of the molecule is COC(=O)C=CC(C)(C)NCc1cccnc1C. The molecule has 18 heavy (non-hydrogen) atoms. The summed E-state index contributed by atoms with van der Waals surface area (Å²) >= 11 is 0. The normalized spacial score (nSPS) is 11.8. The quantitative estimate of drug-likeness (QED) is 0.639. The summed E-state index contributed by atoms with van der Waals surface area (Å²) in [5.41, 5.74) is 1.88. The molecular formula is C14H20N2O2. The second-order valence-electron chi connectivity index (χ2n) is 4.68. The number of carbonyl (C=O) groups is 1. The summed E-state index contributed by atoms with van der Waals surface area (Å²) in [6, 6.07) is 3.96. The van der Waals surface area contributed by atoms with Gasteiger partial charge in [-0.15, -0.1) is 0 Å². The van der Waals surface area contributed by atoms with Crippen LogP contribution in [0.2, 0.25) is 0 Å². The number of nitrogens with zero attached hydrogens (tertiary/aromatic N) is 1. The number of esters is 1. The molecule has 0 spiro atoms. The minimum absolute atomic E-state index is 0.281. The van der Waals surface area contributed by atoms with Crippen LogP contribution in [0, 0.1) is 6.92 Å². The number of ether oxygens (including phenoxy) is 1. The first-order valence-corrected chi connectivity index (χ1v) is 5.87. The van der Waals surface area contributed by atoms with Gasteiger partial charge in [0.05, 0.1) is 7.11 Å². The van der Waals surface area contributed by atoms with Crippen molar-refractivity contribution in [1.29, 1.82) is 0 Å². The van der Waals surface area contributed by atoms with E-state index in [-0.39, 0.29) is 11.5 Å². The smallest absolute Gasteiger partial charge is 0.330 e. The number of nitrogens with one attached hydrogen (secondary N) is 1. The van der Waals surface area contributed by atoms with E-state index in [9.17, 15) is 4.79 Å². The van der Waals surface area contributed by atoms with E-state index in [1.807, 2.05) is 32.9 Å². The molecule has 0 unspecified atom stereocenters. The van der Waals surface area contributed by atoms with E-state index in [2.05, 4.69) is 15.0 Å². The van der Waals surface area contributed by atoms with Crippen LogP contribution in [-0.2, 0) is 16.1 Å². The molecule has 0 amide bonds. The van der Waals surface area contributed by atoms with Crippen LogP contribution in [0.25, 0.3) is 0 Å². The molecule has 4 heteroatoms. The lowest BCUT2D eigenvalue weighted by Crippen LogP contribution is -2.37. The molecule has 0 saturated heterocycles. The number of aromatic nitrogens is 1. The van der Waals surface area contributed by atoms with Gasteiger partial charge in [0.15, 0.2) is 0 Å². The third kappa shape index (κ3) is 4.67. The highest BCUT2D eigenvalue weighted by Gasteiger charge is 2.13. The fraction of sp³-hybridized carbons (Fsp3) is 0.429. The molecule has 0 radical (unpaired) electrons. The molecule has 0 aliphatic heterocycles. The van der Waals surface area contributed by atoms with Crippen molar-refractivity contribution in [3.05, 3.63) is 41.7 Å². The number of methoxy groups -OCH3 is 1. The van der Waals surface area contributed by atoms with Crippen molar-refractivity contribution >= 4 is 5.97 Å². The monoisotopic (exact) mass is 248 g/mol. The number of aryl methyl sites for hydroxylation is 1. The van der Waals surface area contributed by atoms with Crippen LogP contribution in [0.1, 0.15) is 25.1 Å². The Kier molecular flexibility index (Phi) is 5.04. The van der Waals surface area contributed by atoms with Gasteiger partial charge in [-0.05, 0) is 32.4 Å². The molecule has 0 atom stereocenters. The Bertz CT molecular complexity index is 439. The van der Waals surface area contributed by atoms with Crippen molar-refractivity contribution in [3.8, 4) is 0 Å². The van der Waals surface area contributed by atoms with E-state index in [4.69, 9.17) is 0 Å². The second-order valence-corrected chi connectivity index (χ2v) is 4.68. The number of pyridine rings is 1. The highest BCUT2D eigenvalue weighted by molar-refractivity contribution is 5.81. The van der Waals surface area contributed by atoms with Crippen molar-refractivity contribution in [2.75, 3.05) is 7.11 Å². The molecule has 1 N–H and O–H groups in total. The Labute approximate surface area is 108 Å². The standard InChI is InChI=1S/C14H20N2O2/c1-11-12(6-5-9-15-11)10-16-14(2,3)8-7-13(17)18-4/h5-9,16H,10H2,1-4H3. The van der Waals surface area contributed by atoms with Crippen molar-refractivity contribution in [3.63, 3.8) is 0 Å². The predicted molar refractivity (Wildman–Crippen MR) is 71.0 cm³/mol. The summed E-state index contributed by atoms with van der Waals surface area (Å²) in [5, 5.41) is 3.36. The third-order valence-corrected chi connectivity index (χ3v) is 2.69. The Morgan fingerprint density at radius 3 is 2.89 bits per heavy atom. The summed E-state index contributed by atoms with van der Waals surface area (Å²) in [4.78, 5) is 15.3. The molecule has 1 rings (SSSR count). The number of carbonyl (C=O) groups excluding carboxylic acids is 1. The number of hydrogen-bond acceptors (Lipinski definition) is 4. The largest absolute Gasteiger partial charge is 0.466 e. The van der Waals surface area contributed by atoms with Gasteiger partial charge in [-0.2, -0.15) is 0 Å². The van der Waals surface area contributed by atoms with Crippen molar-refractivity contribution in [2.45, 2.75) is 32.9 Å². The highest BCUT2D eigenvalue weighted by atomic mass is 16.5. The summed E-state index contributed by atoms with van der Waals surface area (Å²) < 4.78 is 4.56. The zero-order valence-corrected chi connectivity index (χ0v) is 11.4. The molecular weight excluding hydrogens is 228 g/mol. The first-order chi connectivity index (χ1) is 8.44. The van der Waals surface area contributed by atoms with Gasteiger partial charge >= 0.3 is 5.97 Å². The molecule has 0 aliphatic rings. The van der Waals surface area contributed by atoms with Crippen LogP contribution in [0.5, 0.6) is 0 Å². The van der Waals surface area contributed by atoms with E-state index < -0.39 is 0 Å². The second kappa shape index (κ2) is 6.31. The highest BCUT2D eigenvalue weighted by Crippen LogP contribution is 2.09. The Morgan fingerprint density at radius 1 is 1.56 bits per heavy atom. The lowest BCUT2D eigenvalue weighted by molar-refractivity contribution is -0.134. The van der Waals surface area contributed by atoms with Crippen molar-refractivity contribution < 1.29 is 9.53 Å². The summed E-state index contributed by atoms with van der Waals surface area (Å²) in [5.74, 6) is -0.345. The van der Waals surface area contributed by atoms with Crippen molar-refractivity contribution in [1.82, 2.24) is 10.3 Å². The van der Waals surface area contributed by atoms with Gasteiger partial charge in [0, 0.05) is 30.1 Å². The van der Waals surface area contributed by atoms with Crippen LogP contribution >= 0.6 is 0 Å². The van der Waals surface area contributed by atoms with E-state index in [1.54, 1.807) is 12.3 Å². The van der Waals surface area contributed by atoms with E-state index in [0.717, 1.165) is 11.3 Å². The maximum absolute atomic E-state index is 11.0. The molecule has 0 fully saturated rings. The fourth-order valence-corrected chi connectivity index (χ4v) is 1.43. The zero-order chi connectivity index (χ0) is 13.6. The van der Waals surface area contributed by atoms with Gasteiger partial charge in [0.2, 0.25) is 0 Å². The van der Waals surface area contributed by atoms with Gasteiger partial charge in [0.25, 0.3) is 0 Å². The van der Waals surface area contributed by atoms with E-state index >= 15 is 0 Å². The number of rotatable bonds is 5. The van der Waals surface area contributed by atoms with Gasteiger partial charge in [-0.3, -0.25) is 4.98 Å². The average molecular weight is 248 g/mol. The first kappa shape index (κ1) is 14.4. The average Bonchev–Trinajstić information content (AvgIpc) is 2.35. The van der Waals surface area contributed by atoms with Gasteiger partial charge in [-0.25, -0.2) is 4.79 Å². The van der Waals surface area contributed by atoms with Gasteiger partial charge in [0.1, 0.15) is 0 Å². The Morgan fingerprint density at radius 2 is 2.28 bits per heavy atom. The molecule has 0 aromatic carbocycles. The minimum atomic E-state index is -0.345. The maximum Gasteiger partial charge on any atom is 0.330 e. The first-order valence-electron chi connectivity index (χ1n) is 5.87. The van der Waals surface area contributed by atoms with Crippen LogP contribution in [-0.4, -0.2) is 23.6 Å². The number of hydrogen-bond donors (Lipinski definition) is 1. The lowest BCUT2D eigenvalue weighted by Gasteiger charge is -2.22. The van der Waals surface area contributed by atoms with Gasteiger partial charge in [-0.1, -0.05) is 12.1 Å². The van der Waals surface area contributed by atoms with Crippen LogP contribution in [0.15, 0.2) is 30.5 Å². The summed E-state index contributed by atoms with van der Waals surface area (Å²) in [6.07, 6.45) is 5.01. The van der Waals surface area contributed by atoms with E-state index in [0.29, 0.717) is 6.54 Å². The minimum Gasteiger partial charge on any atom is -0.466 e.